The topological polar surface area (TPSA) is 391 Å². The molecule has 1 aliphatic rings. The molecule has 3 amide bonds. The third-order valence-corrected chi connectivity index (χ3v) is 19.7. The summed E-state index contributed by atoms with van der Waals surface area (Å²) in [6.07, 6.45) is 6.19. The van der Waals surface area contributed by atoms with Gasteiger partial charge >= 0.3 is 76.4 Å². The molecule has 0 aliphatic carbocycles. The zero-order valence-corrected chi connectivity index (χ0v) is 86.9. The predicted octanol–water partition coefficient (Wildman–Crippen LogP) is 18.6. The van der Waals surface area contributed by atoms with Gasteiger partial charge in [-0.25, -0.2) is 9.69 Å². The van der Waals surface area contributed by atoms with E-state index in [0.29, 0.717) is 34.4 Å². The molecule has 1 aliphatic heterocycles. The Labute approximate surface area is 842 Å². The number of nitrogens with two attached hydrogens (primary N) is 1. The molecule has 0 saturated carbocycles. The first-order chi connectivity index (χ1) is 62.5. The van der Waals surface area contributed by atoms with E-state index in [2.05, 4.69) is 119 Å². The van der Waals surface area contributed by atoms with E-state index < -0.39 is 64.7 Å². The van der Waals surface area contributed by atoms with Gasteiger partial charge in [0.15, 0.2) is 11.7 Å². The van der Waals surface area contributed by atoms with Crippen molar-refractivity contribution in [1.82, 2.24) is 40.1 Å². The molecule has 3 radical (unpaired) electrons. The third-order valence-electron chi connectivity index (χ3n) is 19.0. The number of urea groups is 1. The number of fused-ring (bicyclic) bond motifs is 6. The van der Waals surface area contributed by atoms with Crippen LogP contribution < -0.4 is 84.1 Å². The number of carbonyl (C=O) groups excluding carboxylic acids is 5. The van der Waals surface area contributed by atoms with Crippen LogP contribution in [-0.2, 0) is 49.2 Å². The normalized spacial score (nSPS) is 11.5. The molecule has 41 heteroatoms. The van der Waals surface area contributed by atoms with Gasteiger partial charge in [-0.1, -0.05) is 41.1 Å². The van der Waals surface area contributed by atoms with Gasteiger partial charge in [0.25, 0.3) is 9.16 Å². The summed E-state index contributed by atoms with van der Waals surface area (Å²) in [6.45, 7) is 14.8. The van der Waals surface area contributed by atoms with Gasteiger partial charge in [-0.2, -0.15) is 0 Å². The maximum atomic E-state index is 13.3. The molecule has 8 aromatic carbocycles. The Morgan fingerprint density at radius 1 is 0.556 bits per heavy atom. The zero-order chi connectivity index (χ0) is 97.8. The first-order valence-electron chi connectivity index (χ1n) is 39.1. The molecule has 15 rings (SSSR count). The molecule has 0 spiro atoms. The van der Waals surface area contributed by atoms with Crippen LogP contribution >= 0.6 is 65.6 Å². The number of nitroso groups, excluding NO2 is 1. The minimum atomic E-state index is -4.84. The number of imide groups is 1. The van der Waals surface area contributed by atoms with E-state index >= 15 is 0 Å². The van der Waals surface area contributed by atoms with Gasteiger partial charge in [0.2, 0.25) is 0 Å². The summed E-state index contributed by atoms with van der Waals surface area (Å²) in [5, 5.41) is 11.6. The number of methoxy groups -OCH3 is 8. The number of nitrogens with one attached hydrogen (secondary N) is 2. The van der Waals surface area contributed by atoms with Crippen LogP contribution in [0.25, 0.3) is 65.4 Å². The van der Waals surface area contributed by atoms with E-state index in [0.717, 1.165) is 122 Å². The predicted molar refractivity (Wildman–Crippen MR) is 531 cm³/mol. The number of aldehydes is 1. The summed E-state index contributed by atoms with van der Waals surface area (Å²) in [5.41, 5.74) is 13.1. The van der Waals surface area contributed by atoms with Crippen molar-refractivity contribution >= 4 is 196 Å². The van der Waals surface area contributed by atoms with Gasteiger partial charge < -0.3 is 59.7 Å². The maximum absolute atomic E-state index is 13.3. The molecule has 0 atom stereocenters. The summed E-state index contributed by atoms with van der Waals surface area (Å²) in [4.78, 5) is 107. The average Bonchev–Trinajstić information content (AvgIpc) is 1.59. The van der Waals surface area contributed by atoms with Gasteiger partial charge in [0, 0.05) is 190 Å². The Balaban J connectivity index is 0.000000537. The molecule has 6 aromatic heterocycles. The number of aromatic amines is 1. The number of H-pyrrole nitrogens is 1. The first kappa shape index (κ1) is 118. The van der Waals surface area contributed by atoms with Crippen molar-refractivity contribution in [3.8, 4) is 40.2 Å². The van der Waals surface area contributed by atoms with Crippen LogP contribution in [0.15, 0.2) is 246 Å². The number of aromatic nitrogens is 6. The Morgan fingerprint density at radius 2 is 0.941 bits per heavy atom. The molecule has 7 heterocycles. The molecule has 30 nitrogen and oxygen atoms in total. The molecule has 14 aromatic rings. The fourth-order valence-electron chi connectivity index (χ4n) is 12.0. The maximum Gasteiger partial charge on any atom is 1.00 e. The van der Waals surface area contributed by atoms with Crippen molar-refractivity contribution in [3.63, 3.8) is 0 Å². The molecule has 135 heavy (non-hydrogen) atoms. The summed E-state index contributed by atoms with van der Waals surface area (Å²) >= 11 is 10.1. The van der Waals surface area contributed by atoms with Crippen LogP contribution in [0, 0.1) is 18.8 Å². The van der Waals surface area contributed by atoms with Crippen molar-refractivity contribution in [3.05, 3.63) is 279 Å². The Hall–Kier alpha value is -11.2. The van der Waals surface area contributed by atoms with Crippen molar-refractivity contribution in [2.24, 2.45) is 10.9 Å². The van der Waals surface area contributed by atoms with Crippen LogP contribution in [0.3, 0.4) is 0 Å². The number of pyridine rings is 6. The molecular weight excluding hydrogens is 2110 g/mol. The fourth-order valence-corrected chi connectivity index (χ4v) is 12.5. The van der Waals surface area contributed by atoms with Crippen molar-refractivity contribution in [1.29, 1.82) is 0 Å². The summed E-state index contributed by atoms with van der Waals surface area (Å²) in [5.74, 6) is 2.97. The third kappa shape index (κ3) is 36.4. The number of aryl methyl sites for hydroxylation is 2. The number of ether oxygens (including phenoxy) is 9. The minimum absolute atomic E-state index is 0. The van der Waals surface area contributed by atoms with Crippen molar-refractivity contribution in [2.75, 3.05) is 61.8 Å². The number of carbonyl (C=O) groups is 5. The molecule has 0 bridgehead atoms. The van der Waals surface area contributed by atoms with Crippen LogP contribution in [0.4, 0.5) is 29.3 Å². The molecule has 4 N–H and O–H groups in total. The summed E-state index contributed by atoms with van der Waals surface area (Å²) in [7, 11) is 12.4. The molecule has 709 valence electrons. The standard InChI is InChI=1S/C23H20F3N3O4.C16H20N2O3.C11H9NO2.C11H11NO.C10H8BrNO.C10H9NO2.C7H7NO.C5H11NO2.CH4.B.Br3OP.Na.O2Se.H/c1-22(2)20(30)29(15-4-6-16(7-5-15)33-23(24,25)26)21(31)28(22)13-14-10-11-27-19-12-17(32-3)8-9-18(14)19;1-16(2,15(19)21-4)18-10-11-7-8-17-14-9-12(20-3)5-6-13(11)14;1-14-9-2-3-10-8(7-13)4-5-12-11(10)6-9;1-8-5-6-12-11-7-9(13-2)3-4-10(8)11;1-13-7-2-3-8-9(11)4-5-12-10(8)6-7;1-13-7-2-3-8-9(6-7)11-5-4-10(8)12;1-6-2-4-7(8-9)5-3-6;1-5(2,6)4(7)8-3;;;1-5(2,3)4;;1-3-2;/h4-12H,13H2,1-3H3;5-9,18H,10H2,1-4H3;2-7H,1H3;3-7H,1-2H3;2-6H,1H3;2-6H,1H3,(H,11,12);2-5H,1H3;6H2,1-3H3;1H4;;;;;/q;;;;;;;;;;;+1;;-1. The van der Waals surface area contributed by atoms with Gasteiger partial charge in [-0.3, -0.25) is 58.8 Å². The Kier molecular flexibility index (Phi) is 49.3. The molecule has 1 fully saturated rings. The second-order valence-corrected chi connectivity index (χ2v) is 48.7. The number of rotatable bonds is 17. The summed E-state index contributed by atoms with van der Waals surface area (Å²) < 4.78 is 107. The van der Waals surface area contributed by atoms with Gasteiger partial charge in [0.1, 0.15) is 62.6 Å². The van der Waals surface area contributed by atoms with E-state index in [1.165, 1.54) is 48.3 Å². The molecular formula is C94H100BBr4F3N11NaO19PSe. The largest absolute Gasteiger partial charge is 1.00 e. The molecule has 1 saturated heterocycles. The number of benzene rings is 8. The second-order valence-electron chi connectivity index (χ2n) is 29.2. The Bertz CT molecular complexity index is 6390. The number of nitrogens with zero attached hydrogens (tertiary/aromatic N) is 8. The van der Waals surface area contributed by atoms with Crippen molar-refractivity contribution in [2.45, 2.75) is 98.9 Å². The molecule has 0 unspecified atom stereocenters. The van der Waals surface area contributed by atoms with Crippen LogP contribution in [0.1, 0.15) is 83.0 Å². The quantitative estimate of drug-likeness (QED) is 0.0190. The van der Waals surface area contributed by atoms with E-state index in [9.17, 15) is 51.4 Å². The second kappa shape index (κ2) is 56.4. The van der Waals surface area contributed by atoms with Crippen LogP contribution in [-0.4, -0.2) is 168 Å². The van der Waals surface area contributed by atoms with Gasteiger partial charge in [-0.15, -0.1) is 18.1 Å². The number of esters is 2. The van der Waals surface area contributed by atoms with E-state index in [4.69, 9.17) is 46.6 Å². The number of halogens is 7. The monoisotopic (exact) mass is 2200 g/mol. The van der Waals surface area contributed by atoms with Gasteiger partial charge in [0.05, 0.1) is 95.7 Å². The fraction of sp³-hybridized carbons (Fsp3) is 0.245. The first-order valence-corrected chi connectivity index (χ1v) is 49.0. The minimum Gasteiger partial charge on any atom is -1.00 e. The SMILES string of the molecule is C.COC(=O)C(C)(C)N.COC(=O)C(C)(C)NCc1ccnc2cc(OC)ccc12.COc1ccc2c(=O)cc[nH]c2c1.COc1ccc2c(Br)ccnc2c1.COc1ccc2c(C)ccnc2c1.COc1ccc2c(C=O)ccnc2c1.COc1ccc2c(CN3C(=O)N(c4ccc(OC(F)(F)F)cc4)C(=O)C3(C)C)ccnc2c1.Cc1ccc(N=O)cc1.O=P(Br)(Br)Br.O=[Se]=O.[B].[H-].[Na+]. The number of amides is 3. The van der Waals surface area contributed by atoms with Crippen molar-refractivity contribution < 1.29 is 123 Å². The average molecular weight is 2210 g/mol. The van der Waals surface area contributed by atoms with Crippen LogP contribution in [0.2, 0.25) is 0 Å². The zero-order valence-electron chi connectivity index (χ0n) is 76.9. The smallest absolute Gasteiger partial charge is 1.00 e. The van der Waals surface area contributed by atoms with E-state index in [1.54, 1.807) is 170 Å². The van der Waals surface area contributed by atoms with E-state index in [-0.39, 0.29) is 70.5 Å². The van der Waals surface area contributed by atoms with Crippen LogP contribution in [0.5, 0.6) is 40.2 Å². The Morgan fingerprint density at radius 3 is 1.38 bits per heavy atom. The summed E-state index contributed by atoms with van der Waals surface area (Å²) in [6, 6.07) is 55.7. The number of hydrogen-bond acceptors (Lipinski definition) is 27. The number of anilines is 1. The van der Waals surface area contributed by atoms with Gasteiger partial charge in [-0.05, 0) is 217 Å². The number of alkyl halides is 3. The number of hydrogen-bond donors (Lipinski definition) is 3. The van der Waals surface area contributed by atoms with E-state index in [1.807, 2.05) is 122 Å².